The normalized spacial score (nSPS) is 17.7. The number of anilines is 1. The highest BCUT2D eigenvalue weighted by Crippen LogP contribution is 2.25. The van der Waals surface area contributed by atoms with Gasteiger partial charge in [0.1, 0.15) is 0 Å². The summed E-state index contributed by atoms with van der Waals surface area (Å²) >= 11 is 1.59. The summed E-state index contributed by atoms with van der Waals surface area (Å²) in [7, 11) is 0. The maximum absolute atomic E-state index is 10.6. The summed E-state index contributed by atoms with van der Waals surface area (Å²) in [5.74, 6) is 0. The fourth-order valence-electron chi connectivity index (χ4n) is 2.08. The van der Waals surface area contributed by atoms with Gasteiger partial charge in [-0.05, 0) is 25.1 Å². The summed E-state index contributed by atoms with van der Waals surface area (Å²) in [6, 6.07) is 3.97. The highest BCUT2D eigenvalue weighted by molar-refractivity contribution is 7.17. The molecule has 0 N–H and O–H groups in total. The number of hydrogen-bond acceptors (Lipinski definition) is 4. The van der Waals surface area contributed by atoms with Crippen LogP contribution in [0.2, 0.25) is 0 Å². The maximum atomic E-state index is 10.6. The van der Waals surface area contributed by atoms with Crippen molar-refractivity contribution in [1.82, 2.24) is 4.90 Å². The molecule has 1 saturated heterocycles. The van der Waals surface area contributed by atoms with Crippen LogP contribution in [-0.2, 0) is 0 Å². The van der Waals surface area contributed by atoms with Crippen LogP contribution in [0.15, 0.2) is 12.1 Å². The largest absolute Gasteiger partial charge is 0.361 e. The minimum atomic E-state index is 0.825. The van der Waals surface area contributed by atoms with Crippen molar-refractivity contribution in [3.8, 4) is 0 Å². The predicted molar refractivity (Wildman–Crippen MR) is 68.7 cm³/mol. The first-order chi connectivity index (χ1) is 7.83. The molecular formula is C12H18N2OS. The molecule has 0 amide bonds. The highest BCUT2D eigenvalue weighted by Gasteiger charge is 2.17. The van der Waals surface area contributed by atoms with Gasteiger partial charge in [0.05, 0.1) is 9.88 Å². The quantitative estimate of drug-likeness (QED) is 0.750. The second-order valence-electron chi connectivity index (χ2n) is 4.12. The molecule has 4 heteroatoms. The predicted octanol–water partition coefficient (Wildman–Crippen LogP) is 2.09. The Labute approximate surface area is 101 Å². The zero-order valence-electron chi connectivity index (χ0n) is 9.69. The van der Waals surface area contributed by atoms with Gasteiger partial charge in [0.25, 0.3) is 0 Å². The number of rotatable bonds is 4. The molecular weight excluding hydrogens is 220 g/mol. The molecule has 2 heterocycles. The Morgan fingerprint density at radius 1 is 1.31 bits per heavy atom. The standard InChI is InChI=1S/C12H18N2OS/c1-2-5-13-6-8-14(9-7-13)12-4-3-11(10-15)16-12/h3-4,10H,2,5-9H2,1H3. The van der Waals surface area contributed by atoms with E-state index in [1.807, 2.05) is 6.07 Å². The molecule has 1 aliphatic heterocycles. The first-order valence-corrected chi connectivity index (χ1v) is 6.67. The zero-order chi connectivity index (χ0) is 11.4. The topological polar surface area (TPSA) is 23.6 Å². The van der Waals surface area contributed by atoms with Gasteiger partial charge in [-0.25, -0.2) is 0 Å². The average molecular weight is 238 g/mol. The Kier molecular flexibility index (Phi) is 3.96. The number of thiophene rings is 1. The molecule has 1 aromatic heterocycles. The van der Waals surface area contributed by atoms with Crippen molar-refractivity contribution in [1.29, 1.82) is 0 Å². The molecule has 3 nitrogen and oxygen atoms in total. The molecule has 0 aliphatic carbocycles. The summed E-state index contributed by atoms with van der Waals surface area (Å²) in [5, 5.41) is 1.23. The number of carbonyl (C=O) groups excluding carboxylic acids is 1. The van der Waals surface area contributed by atoms with E-state index in [0.717, 1.165) is 37.3 Å². The molecule has 0 saturated carbocycles. The van der Waals surface area contributed by atoms with Crippen LogP contribution in [0, 0.1) is 0 Å². The van der Waals surface area contributed by atoms with E-state index in [9.17, 15) is 4.79 Å². The first kappa shape index (κ1) is 11.6. The first-order valence-electron chi connectivity index (χ1n) is 5.86. The van der Waals surface area contributed by atoms with Gasteiger partial charge < -0.3 is 4.90 Å². The highest BCUT2D eigenvalue weighted by atomic mass is 32.1. The molecule has 1 aromatic rings. The van der Waals surface area contributed by atoms with Crippen molar-refractivity contribution in [3.05, 3.63) is 17.0 Å². The van der Waals surface area contributed by atoms with Gasteiger partial charge in [-0.1, -0.05) is 6.92 Å². The zero-order valence-corrected chi connectivity index (χ0v) is 10.5. The third-order valence-corrected chi connectivity index (χ3v) is 4.02. The minimum absolute atomic E-state index is 0.825. The van der Waals surface area contributed by atoms with Crippen molar-refractivity contribution in [2.75, 3.05) is 37.6 Å². The van der Waals surface area contributed by atoms with Crippen LogP contribution in [0.5, 0.6) is 0 Å². The van der Waals surface area contributed by atoms with Crippen molar-refractivity contribution < 1.29 is 4.79 Å². The third kappa shape index (κ3) is 2.62. The molecule has 0 radical (unpaired) electrons. The van der Waals surface area contributed by atoms with E-state index >= 15 is 0 Å². The van der Waals surface area contributed by atoms with Crippen molar-refractivity contribution in [2.45, 2.75) is 13.3 Å². The van der Waals surface area contributed by atoms with E-state index in [4.69, 9.17) is 0 Å². The second-order valence-corrected chi connectivity index (χ2v) is 5.22. The fourth-order valence-corrected chi connectivity index (χ4v) is 2.96. The van der Waals surface area contributed by atoms with Crippen LogP contribution < -0.4 is 4.90 Å². The van der Waals surface area contributed by atoms with Gasteiger partial charge in [0.2, 0.25) is 0 Å². The molecule has 2 rings (SSSR count). The Morgan fingerprint density at radius 3 is 2.62 bits per heavy atom. The molecule has 16 heavy (non-hydrogen) atoms. The number of nitrogens with zero attached hydrogens (tertiary/aromatic N) is 2. The van der Waals surface area contributed by atoms with E-state index in [1.165, 1.54) is 18.0 Å². The Balaban J connectivity index is 1.91. The number of hydrogen-bond donors (Lipinski definition) is 0. The van der Waals surface area contributed by atoms with Gasteiger partial charge in [-0.2, -0.15) is 0 Å². The van der Waals surface area contributed by atoms with Crippen LogP contribution >= 0.6 is 11.3 Å². The summed E-state index contributed by atoms with van der Waals surface area (Å²) in [4.78, 5) is 16.3. The molecule has 88 valence electrons. The van der Waals surface area contributed by atoms with E-state index < -0.39 is 0 Å². The van der Waals surface area contributed by atoms with Gasteiger partial charge in [0.15, 0.2) is 6.29 Å². The monoisotopic (exact) mass is 238 g/mol. The van der Waals surface area contributed by atoms with Gasteiger partial charge in [-0.15, -0.1) is 11.3 Å². The van der Waals surface area contributed by atoms with Crippen molar-refractivity contribution in [3.63, 3.8) is 0 Å². The number of aldehydes is 1. The Morgan fingerprint density at radius 2 is 2.06 bits per heavy atom. The van der Waals surface area contributed by atoms with Gasteiger partial charge in [-0.3, -0.25) is 9.69 Å². The fraction of sp³-hybridized carbons (Fsp3) is 0.583. The van der Waals surface area contributed by atoms with Crippen LogP contribution in [-0.4, -0.2) is 43.9 Å². The van der Waals surface area contributed by atoms with Crippen molar-refractivity contribution in [2.24, 2.45) is 0 Å². The van der Waals surface area contributed by atoms with Gasteiger partial charge >= 0.3 is 0 Å². The van der Waals surface area contributed by atoms with E-state index in [1.54, 1.807) is 11.3 Å². The van der Waals surface area contributed by atoms with Crippen LogP contribution in [0.3, 0.4) is 0 Å². The molecule has 1 fully saturated rings. The molecule has 0 bridgehead atoms. The van der Waals surface area contributed by atoms with E-state index in [0.29, 0.717) is 0 Å². The van der Waals surface area contributed by atoms with Crippen molar-refractivity contribution >= 4 is 22.6 Å². The van der Waals surface area contributed by atoms with E-state index in [2.05, 4.69) is 22.8 Å². The van der Waals surface area contributed by atoms with Gasteiger partial charge in [0, 0.05) is 26.2 Å². The molecule has 1 aliphatic rings. The summed E-state index contributed by atoms with van der Waals surface area (Å²) in [6.45, 7) is 7.88. The van der Waals surface area contributed by atoms with Crippen LogP contribution in [0.25, 0.3) is 0 Å². The maximum Gasteiger partial charge on any atom is 0.160 e. The summed E-state index contributed by atoms with van der Waals surface area (Å²) in [6.07, 6.45) is 2.16. The lowest BCUT2D eigenvalue weighted by Gasteiger charge is -2.35. The van der Waals surface area contributed by atoms with E-state index in [-0.39, 0.29) is 0 Å². The molecule has 0 spiro atoms. The molecule has 0 unspecified atom stereocenters. The average Bonchev–Trinajstić information content (AvgIpc) is 2.79. The minimum Gasteiger partial charge on any atom is -0.361 e. The SMILES string of the molecule is CCCN1CCN(c2ccc(C=O)s2)CC1. The number of piperazine rings is 1. The number of carbonyl (C=O) groups is 1. The Bertz CT molecular complexity index is 343. The lowest BCUT2D eigenvalue weighted by Crippen LogP contribution is -2.46. The Hall–Kier alpha value is -0.870. The lowest BCUT2D eigenvalue weighted by atomic mass is 10.3. The van der Waals surface area contributed by atoms with Crippen LogP contribution in [0.4, 0.5) is 5.00 Å². The molecule has 0 atom stereocenters. The third-order valence-electron chi connectivity index (χ3n) is 2.95. The lowest BCUT2D eigenvalue weighted by molar-refractivity contribution is 0.112. The molecule has 0 aromatic carbocycles. The smallest absolute Gasteiger partial charge is 0.160 e. The second kappa shape index (κ2) is 5.46. The summed E-state index contributed by atoms with van der Waals surface area (Å²) in [5.41, 5.74) is 0. The van der Waals surface area contributed by atoms with Crippen LogP contribution in [0.1, 0.15) is 23.0 Å². The summed E-state index contributed by atoms with van der Waals surface area (Å²) < 4.78 is 0.